The van der Waals surface area contributed by atoms with E-state index in [0.717, 1.165) is 16.9 Å². The van der Waals surface area contributed by atoms with Gasteiger partial charge in [0.15, 0.2) is 0 Å². The molecule has 0 spiro atoms. The van der Waals surface area contributed by atoms with Gasteiger partial charge in [0.05, 0.1) is 13.5 Å². The van der Waals surface area contributed by atoms with Crippen LogP contribution in [0, 0.1) is 0 Å². The van der Waals surface area contributed by atoms with Crippen molar-refractivity contribution in [2.45, 2.75) is 26.8 Å². The van der Waals surface area contributed by atoms with E-state index >= 15 is 0 Å². The number of hydrogen-bond donors (Lipinski definition) is 2. The molecule has 3 amide bonds. The summed E-state index contributed by atoms with van der Waals surface area (Å²) in [6.07, 6.45) is 0.367. The molecule has 0 unspecified atom stereocenters. The molecule has 0 aromatic heterocycles. The minimum Gasteiger partial charge on any atom is -0.497 e. The molecule has 0 saturated carbocycles. The van der Waals surface area contributed by atoms with Crippen molar-refractivity contribution in [1.29, 1.82) is 0 Å². The molecule has 0 aliphatic heterocycles. The predicted molar refractivity (Wildman–Crippen MR) is 107 cm³/mol. The van der Waals surface area contributed by atoms with Crippen molar-refractivity contribution >= 4 is 17.6 Å². The summed E-state index contributed by atoms with van der Waals surface area (Å²) in [4.78, 5) is 26.0. The zero-order valence-electron chi connectivity index (χ0n) is 16.1. The maximum absolute atomic E-state index is 12.1. The van der Waals surface area contributed by atoms with Gasteiger partial charge in [-0.1, -0.05) is 24.3 Å². The summed E-state index contributed by atoms with van der Waals surface area (Å²) >= 11 is 0. The van der Waals surface area contributed by atoms with Crippen LogP contribution in [0.15, 0.2) is 48.5 Å². The highest BCUT2D eigenvalue weighted by molar-refractivity contribution is 5.89. The fraction of sp³-hybridized carbons (Fsp3) is 0.333. The summed E-state index contributed by atoms with van der Waals surface area (Å²) < 4.78 is 5.11. The van der Waals surface area contributed by atoms with E-state index in [2.05, 4.69) is 10.6 Å². The Balaban J connectivity index is 1.82. The monoisotopic (exact) mass is 369 g/mol. The third-order valence-corrected chi connectivity index (χ3v) is 4.30. The van der Waals surface area contributed by atoms with Gasteiger partial charge in [0.25, 0.3) is 0 Å². The summed E-state index contributed by atoms with van der Waals surface area (Å²) in [5.74, 6) is 0.890. The molecule has 0 atom stereocenters. The maximum atomic E-state index is 12.1. The van der Waals surface area contributed by atoms with Gasteiger partial charge in [-0.2, -0.15) is 0 Å². The minimum atomic E-state index is -0.280. The molecule has 2 rings (SSSR count). The molecule has 0 saturated heterocycles. The number of amides is 3. The second-order valence-electron chi connectivity index (χ2n) is 6.10. The predicted octanol–water partition coefficient (Wildman–Crippen LogP) is 3.43. The van der Waals surface area contributed by atoms with Crippen molar-refractivity contribution in [1.82, 2.24) is 10.2 Å². The lowest BCUT2D eigenvalue weighted by molar-refractivity contribution is -0.130. The van der Waals surface area contributed by atoms with Crippen molar-refractivity contribution in [3.05, 3.63) is 59.7 Å². The first-order valence-electron chi connectivity index (χ1n) is 9.10. The van der Waals surface area contributed by atoms with Gasteiger partial charge in [-0.15, -0.1) is 0 Å². The number of urea groups is 1. The Bertz CT molecular complexity index is 738. The van der Waals surface area contributed by atoms with Crippen molar-refractivity contribution < 1.29 is 14.3 Å². The van der Waals surface area contributed by atoms with E-state index in [1.54, 1.807) is 24.1 Å². The Morgan fingerprint density at radius 1 is 0.926 bits per heavy atom. The van der Waals surface area contributed by atoms with Gasteiger partial charge in [0, 0.05) is 25.3 Å². The number of carbonyl (C=O) groups excluding carboxylic acids is 2. The van der Waals surface area contributed by atoms with Crippen molar-refractivity contribution in [3.8, 4) is 5.75 Å². The molecule has 0 aliphatic rings. The zero-order valence-corrected chi connectivity index (χ0v) is 16.1. The van der Waals surface area contributed by atoms with Crippen LogP contribution >= 0.6 is 0 Å². The first-order chi connectivity index (χ1) is 13.0. The largest absolute Gasteiger partial charge is 0.497 e. The van der Waals surface area contributed by atoms with Gasteiger partial charge in [0.1, 0.15) is 5.75 Å². The Kier molecular flexibility index (Phi) is 7.67. The van der Waals surface area contributed by atoms with Crippen LogP contribution in [0.3, 0.4) is 0 Å². The van der Waals surface area contributed by atoms with Crippen molar-refractivity contribution in [2.75, 3.05) is 25.5 Å². The van der Waals surface area contributed by atoms with Crippen LogP contribution in [-0.4, -0.2) is 37.0 Å². The highest BCUT2D eigenvalue weighted by atomic mass is 16.5. The van der Waals surface area contributed by atoms with Crippen LogP contribution in [0.4, 0.5) is 10.5 Å². The van der Waals surface area contributed by atoms with Crippen LogP contribution in [0.5, 0.6) is 5.75 Å². The lowest BCUT2D eigenvalue weighted by atomic mass is 10.1. The zero-order chi connectivity index (χ0) is 19.6. The summed E-state index contributed by atoms with van der Waals surface area (Å²) in [5.41, 5.74) is 2.59. The third kappa shape index (κ3) is 6.33. The number of methoxy groups -OCH3 is 1. The standard InChI is InChI=1S/C21H27N3O3/c1-4-24(5-2)20(25)14-16-6-10-18(11-7-16)23-21(26)22-15-17-8-12-19(27-3)13-9-17/h6-13H,4-5,14-15H2,1-3H3,(H2,22,23,26). The average Bonchev–Trinajstić information content (AvgIpc) is 2.69. The Hall–Kier alpha value is -3.02. The molecule has 27 heavy (non-hydrogen) atoms. The van der Waals surface area contributed by atoms with Crippen LogP contribution in [0.2, 0.25) is 0 Å². The molecule has 2 aromatic rings. The molecule has 0 radical (unpaired) electrons. The number of ether oxygens (including phenoxy) is 1. The molecule has 0 aliphatic carbocycles. The summed E-state index contributed by atoms with van der Waals surface area (Å²) in [5, 5.41) is 5.60. The third-order valence-electron chi connectivity index (χ3n) is 4.30. The Morgan fingerprint density at radius 2 is 1.52 bits per heavy atom. The SMILES string of the molecule is CCN(CC)C(=O)Cc1ccc(NC(=O)NCc2ccc(OC)cc2)cc1. The lowest BCUT2D eigenvalue weighted by Crippen LogP contribution is -2.31. The molecule has 144 valence electrons. The summed E-state index contributed by atoms with van der Waals surface area (Å²) in [6.45, 7) is 5.79. The van der Waals surface area contributed by atoms with E-state index in [4.69, 9.17) is 4.74 Å². The van der Waals surface area contributed by atoms with Gasteiger partial charge >= 0.3 is 6.03 Å². The molecular formula is C21H27N3O3. The van der Waals surface area contributed by atoms with E-state index in [9.17, 15) is 9.59 Å². The van der Waals surface area contributed by atoms with Gasteiger partial charge in [-0.05, 0) is 49.2 Å². The molecule has 6 nitrogen and oxygen atoms in total. The maximum Gasteiger partial charge on any atom is 0.319 e. The second kappa shape index (κ2) is 10.2. The van der Waals surface area contributed by atoms with Crippen molar-refractivity contribution in [3.63, 3.8) is 0 Å². The molecule has 0 bridgehead atoms. The quantitative estimate of drug-likeness (QED) is 0.749. The second-order valence-corrected chi connectivity index (χ2v) is 6.10. The van der Waals surface area contributed by atoms with Gasteiger partial charge in [0.2, 0.25) is 5.91 Å². The van der Waals surface area contributed by atoms with E-state index < -0.39 is 0 Å². The first-order valence-corrected chi connectivity index (χ1v) is 9.10. The van der Waals surface area contributed by atoms with E-state index in [1.165, 1.54) is 0 Å². The fourth-order valence-electron chi connectivity index (χ4n) is 2.67. The Labute approximate surface area is 160 Å². The minimum absolute atomic E-state index is 0.109. The van der Waals surface area contributed by atoms with Crippen LogP contribution in [0.25, 0.3) is 0 Å². The lowest BCUT2D eigenvalue weighted by Gasteiger charge is -2.18. The highest BCUT2D eigenvalue weighted by Gasteiger charge is 2.10. The Morgan fingerprint density at radius 3 is 2.07 bits per heavy atom. The average molecular weight is 369 g/mol. The van der Waals surface area contributed by atoms with Gasteiger partial charge < -0.3 is 20.3 Å². The molecular weight excluding hydrogens is 342 g/mol. The number of carbonyl (C=O) groups is 2. The van der Waals surface area contributed by atoms with E-state index in [-0.39, 0.29) is 11.9 Å². The van der Waals surface area contributed by atoms with E-state index in [1.807, 2.05) is 50.2 Å². The fourth-order valence-corrected chi connectivity index (χ4v) is 2.67. The number of rotatable bonds is 8. The number of anilines is 1. The van der Waals surface area contributed by atoms with Gasteiger partial charge in [-0.25, -0.2) is 4.79 Å². The topological polar surface area (TPSA) is 70.7 Å². The van der Waals surface area contributed by atoms with Gasteiger partial charge in [-0.3, -0.25) is 4.79 Å². The number of nitrogens with zero attached hydrogens (tertiary/aromatic N) is 1. The molecule has 0 fully saturated rings. The molecule has 6 heteroatoms. The number of likely N-dealkylation sites (N-methyl/N-ethyl adjacent to an activating group) is 1. The number of hydrogen-bond acceptors (Lipinski definition) is 3. The van der Waals surface area contributed by atoms with E-state index in [0.29, 0.717) is 31.7 Å². The van der Waals surface area contributed by atoms with Crippen LogP contribution < -0.4 is 15.4 Å². The normalized spacial score (nSPS) is 10.2. The van der Waals surface area contributed by atoms with Crippen LogP contribution in [-0.2, 0) is 17.8 Å². The molecule has 2 aromatic carbocycles. The summed E-state index contributed by atoms with van der Waals surface area (Å²) in [7, 11) is 1.62. The smallest absolute Gasteiger partial charge is 0.319 e. The summed E-state index contributed by atoms with van der Waals surface area (Å²) in [6, 6.07) is 14.6. The first kappa shape index (κ1) is 20.3. The molecule has 2 N–H and O–H groups in total. The number of benzene rings is 2. The molecule has 0 heterocycles. The van der Waals surface area contributed by atoms with Crippen molar-refractivity contribution in [2.24, 2.45) is 0 Å². The van der Waals surface area contributed by atoms with Crippen LogP contribution in [0.1, 0.15) is 25.0 Å². The number of nitrogens with one attached hydrogen (secondary N) is 2. The highest BCUT2D eigenvalue weighted by Crippen LogP contribution is 2.12.